The van der Waals surface area contributed by atoms with Crippen LogP contribution in [0.25, 0.3) is 145 Å². The van der Waals surface area contributed by atoms with Gasteiger partial charge in [0.1, 0.15) is 0 Å². The summed E-state index contributed by atoms with van der Waals surface area (Å²) in [6, 6.07) is 118. The Balaban J connectivity index is 0.708. The summed E-state index contributed by atoms with van der Waals surface area (Å²) in [6.07, 6.45) is 0. The van der Waals surface area contributed by atoms with Gasteiger partial charge in [0.05, 0.1) is 44.8 Å². The highest BCUT2D eigenvalue weighted by Gasteiger charge is 2.42. The second-order valence-corrected chi connectivity index (χ2v) is 24.8. The topological polar surface area (TPSA) is 61.4 Å². The van der Waals surface area contributed by atoms with Gasteiger partial charge in [-0.3, -0.25) is 0 Å². The van der Waals surface area contributed by atoms with E-state index in [0.717, 1.165) is 78.7 Å². The van der Waals surface area contributed by atoms with Gasteiger partial charge in [0.25, 0.3) is 0 Å². The molecule has 13 aromatic carbocycles. The highest BCUT2D eigenvalue weighted by Crippen LogP contribution is 2.57. The van der Waals surface area contributed by atoms with E-state index in [1.165, 1.54) is 88.1 Å². The number of hydrogen-bond donors (Lipinski definition) is 0. The molecule has 0 amide bonds. The molecule has 0 aliphatic heterocycles. The monoisotopic (exact) mass is 1200 g/mol. The quantitative estimate of drug-likeness (QED) is 0.137. The number of hydrogen-bond acceptors (Lipinski definition) is 4. The lowest BCUT2D eigenvalue weighted by Gasteiger charge is -2.42. The molecule has 0 saturated heterocycles. The zero-order valence-corrected chi connectivity index (χ0v) is 51.0. The maximum absolute atomic E-state index is 5.52. The fraction of sp³-hybridized carbons (Fsp3) is 0.0227. The third-order valence-electron chi connectivity index (χ3n) is 19.5. The molecule has 17 aromatic rings. The summed E-state index contributed by atoms with van der Waals surface area (Å²) >= 11 is 0. The summed E-state index contributed by atoms with van der Waals surface area (Å²) in [5.74, 6) is 1.36. The first-order valence-corrected chi connectivity index (χ1v) is 32.2. The maximum atomic E-state index is 5.52. The molecule has 0 N–H and O–H groups in total. The molecule has 2 bridgehead atoms. The molecular formula is C88H56N6. The molecular weight excluding hydrogens is 1140 g/mol. The molecule has 20 rings (SSSR count). The number of aromatic nitrogens is 6. The van der Waals surface area contributed by atoms with Crippen LogP contribution in [0.3, 0.4) is 0 Å². The molecule has 4 aromatic heterocycles. The smallest absolute Gasteiger partial charge is 0.160 e. The van der Waals surface area contributed by atoms with Crippen molar-refractivity contribution in [2.45, 2.75) is 11.8 Å². The lowest BCUT2D eigenvalue weighted by atomic mass is 9.61. The average Bonchev–Trinajstić information content (AvgIpc) is 0.980. The number of rotatable bonds is 10. The van der Waals surface area contributed by atoms with Crippen LogP contribution in [-0.4, -0.2) is 29.1 Å². The average molecular weight is 1200 g/mol. The molecule has 0 fully saturated rings. The summed E-state index contributed by atoms with van der Waals surface area (Å²) in [4.78, 5) is 21.9. The Morgan fingerprint density at radius 3 is 0.979 bits per heavy atom. The normalized spacial score (nSPS) is 13.7. The minimum atomic E-state index is -0.00903. The van der Waals surface area contributed by atoms with Gasteiger partial charge in [-0.2, -0.15) is 0 Å². The van der Waals surface area contributed by atoms with E-state index in [2.05, 4.69) is 337 Å². The Labute approximate surface area is 543 Å². The van der Waals surface area contributed by atoms with Crippen LogP contribution in [0.4, 0.5) is 0 Å². The number of nitrogens with zero attached hydrogens (tertiary/aromatic N) is 6. The summed E-state index contributed by atoms with van der Waals surface area (Å²) in [6.45, 7) is 0. The van der Waals surface area contributed by atoms with Crippen molar-refractivity contribution in [3.8, 4) is 101 Å². The van der Waals surface area contributed by atoms with E-state index < -0.39 is 0 Å². The summed E-state index contributed by atoms with van der Waals surface area (Å²) in [5.41, 5.74) is 28.9. The lowest BCUT2D eigenvalue weighted by Crippen LogP contribution is -2.27. The van der Waals surface area contributed by atoms with Crippen molar-refractivity contribution in [3.05, 3.63) is 361 Å². The molecule has 0 spiro atoms. The Kier molecular flexibility index (Phi) is 12.3. The molecule has 4 heterocycles. The van der Waals surface area contributed by atoms with Gasteiger partial charge in [0.2, 0.25) is 0 Å². The van der Waals surface area contributed by atoms with Gasteiger partial charge >= 0.3 is 0 Å². The fourth-order valence-electron chi connectivity index (χ4n) is 15.4. The van der Waals surface area contributed by atoms with E-state index in [4.69, 9.17) is 19.9 Å². The molecule has 3 aliphatic carbocycles. The van der Waals surface area contributed by atoms with Gasteiger partial charge in [-0.1, -0.05) is 243 Å². The Hall–Kier alpha value is -12.4. The summed E-state index contributed by atoms with van der Waals surface area (Å²) in [7, 11) is 0. The van der Waals surface area contributed by atoms with Gasteiger partial charge in [0.15, 0.2) is 11.6 Å². The van der Waals surface area contributed by atoms with E-state index in [9.17, 15) is 0 Å². The van der Waals surface area contributed by atoms with Gasteiger partial charge in [-0.25, -0.2) is 19.9 Å². The van der Waals surface area contributed by atoms with Crippen LogP contribution in [0.5, 0.6) is 0 Å². The van der Waals surface area contributed by atoms with E-state index >= 15 is 0 Å². The standard InChI is InChI=1S/C88H56N6/c1-5-23-55(24-6-1)75-53-77(59-29-19-27-57(49-59)65-39-21-43-81-85(65)71-37-15-17-41-79(71)93(81)63-31-9-3-10-32-63)91-87(89-75)61-45-47-69-73(51-61)83-67-35-13-14-36-68(67)84(69)74-52-62(46-48-70(74)83)88-90-76(56-25-7-2-8-26-56)54-78(92-88)60-30-20-28-58(50-60)66-40-22-44-82-86(66)72-38-16-18-42-80(72)94(82)64-33-11-4-12-34-64/h1-54,83-84H. The molecule has 6 heteroatoms. The molecule has 94 heavy (non-hydrogen) atoms. The Morgan fingerprint density at radius 2 is 0.543 bits per heavy atom. The summed E-state index contributed by atoms with van der Waals surface area (Å²) < 4.78 is 4.76. The highest BCUT2D eigenvalue weighted by atomic mass is 15.0. The van der Waals surface area contributed by atoms with Crippen molar-refractivity contribution in [1.29, 1.82) is 0 Å². The van der Waals surface area contributed by atoms with Crippen molar-refractivity contribution in [1.82, 2.24) is 29.1 Å². The van der Waals surface area contributed by atoms with E-state index in [1.807, 2.05) is 0 Å². The van der Waals surface area contributed by atoms with Crippen molar-refractivity contribution in [3.63, 3.8) is 0 Å². The fourth-order valence-corrected chi connectivity index (χ4v) is 15.4. The molecule has 438 valence electrons. The zero-order chi connectivity index (χ0) is 61.8. The first kappa shape index (κ1) is 53.5. The molecule has 0 radical (unpaired) electrons. The molecule has 2 atom stereocenters. The van der Waals surface area contributed by atoms with Crippen molar-refractivity contribution in [2.75, 3.05) is 0 Å². The minimum Gasteiger partial charge on any atom is -0.309 e. The molecule has 3 aliphatic rings. The van der Waals surface area contributed by atoms with Crippen LogP contribution in [0.15, 0.2) is 328 Å². The van der Waals surface area contributed by atoms with Gasteiger partial charge in [-0.05, 0) is 141 Å². The number of fused-ring (bicyclic) bond motifs is 6. The van der Waals surface area contributed by atoms with Crippen LogP contribution >= 0.6 is 0 Å². The first-order chi connectivity index (χ1) is 46.6. The number of para-hydroxylation sites is 4. The zero-order valence-electron chi connectivity index (χ0n) is 51.0. The van der Waals surface area contributed by atoms with Crippen molar-refractivity contribution >= 4 is 43.6 Å². The lowest BCUT2D eigenvalue weighted by molar-refractivity contribution is 0.754. The minimum absolute atomic E-state index is 0.00903. The van der Waals surface area contributed by atoms with Crippen molar-refractivity contribution in [2.24, 2.45) is 0 Å². The molecule has 0 saturated carbocycles. The predicted octanol–water partition coefficient (Wildman–Crippen LogP) is 21.8. The van der Waals surface area contributed by atoms with Crippen LogP contribution in [-0.2, 0) is 0 Å². The number of benzene rings is 13. The Bertz CT molecular complexity index is 5510. The van der Waals surface area contributed by atoms with Gasteiger partial charge < -0.3 is 9.13 Å². The summed E-state index contributed by atoms with van der Waals surface area (Å²) in [5, 5.41) is 4.88. The predicted molar refractivity (Wildman–Crippen MR) is 385 cm³/mol. The van der Waals surface area contributed by atoms with Gasteiger partial charge in [0, 0.05) is 78.1 Å². The first-order valence-electron chi connectivity index (χ1n) is 32.2. The van der Waals surface area contributed by atoms with Crippen LogP contribution < -0.4 is 0 Å². The van der Waals surface area contributed by atoms with E-state index in [-0.39, 0.29) is 11.8 Å². The second kappa shape index (κ2) is 21.7. The van der Waals surface area contributed by atoms with Crippen LogP contribution in [0.2, 0.25) is 0 Å². The third kappa shape index (κ3) is 8.64. The molecule has 6 nitrogen and oxygen atoms in total. The third-order valence-corrected chi connectivity index (χ3v) is 19.5. The van der Waals surface area contributed by atoms with E-state index in [0.29, 0.717) is 11.6 Å². The SMILES string of the molecule is c1ccc(-c2cc(-c3cccc(-c4cccc5c4c4ccccc4n5-c4ccccc4)c3)nc(-c3ccc4c(c3)C3c5ccccc5C4c4cc(-c5nc(-c6ccccc6)cc(-c6cccc(-c7cccc8c7c7ccccc7n8-c7ccccc7)c6)n5)ccc43)n2)cc1. The van der Waals surface area contributed by atoms with E-state index in [1.54, 1.807) is 0 Å². The maximum Gasteiger partial charge on any atom is 0.160 e. The molecule has 2 unspecified atom stereocenters. The largest absolute Gasteiger partial charge is 0.309 e. The second-order valence-electron chi connectivity index (χ2n) is 24.8. The Morgan fingerprint density at radius 1 is 0.213 bits per heavy atom. The van der Waals surface area contributed by atoms with Crippen molar-refractivity contribution < 1.29 is 0 Å². The highest BCUT2D eigenvalue weighted by molar-refractivity contribution is 6.17. The van der Waals surface area contributed by atoms with Crippen LogP contribution in [0.1, 0.15) is 45.2 Å². The van der Waals surface area contributed by atoms with Gasteiger partial charge in [-0.15, -0.1) is 0 Å². The van der Waals surface area contributed by atoms with Crippen LogP contribution in [0, 0.1) is 0 Å².